The lowest BCUT2D eigenvalue weighted by Gasteiger charge is -2.09. The molecule has 0 bridgehead atoms. The Morgan fingerprint density at radius 3 is 2.50 bits per heavy atom. The van der Waals surface area contributed by atoms with Crippen molar-refractivity contribution in [3.8, 4) is 0 Å². The van der Waals surface area contributed by atoms with E-state index in [0.717, 1.165) is 0 Å². The lowest BCUT2D eigenvalue weighted by atomic mass is 10.3. The summed E-state index contributed by atoms with van der Waals surface area (Å²) in [6, 6.07) is -0.0710. The molecule has 0 spiro atoms. The van der Waals surface area contributed by atoms with Crippen molar-refractivity contribution in [3.05, 3.63) is 12.3 Å². The molecule has 2 N–H and O–H groups in total. The molecule has 0 rings (SSSR count). The van der Waals surface area contributed by atoms with Crippen molar-refractivity contribution in [3.63, 3.8) is 0 Å². The first kappa shape index (κ1) is 7.85. The molecule has 0 heterocycles. The molecule has 0 aromatic heterocycles. The maximum absolute atomic E-state index is 8.71. The Kier molecular flexibility index (Phi) is 3.73. The summed E-state index contributed by atoms with van der Waals surface area (Å²) in [5.74, 6) is 0.716. The molecule has 0 aliphatic carbocycles. The second-order valence-corrected chi connectivity index (χ2v) is 1.88. The van der Waals surface area contributed by atoms with Gasteiger partial charge < -0.3 is 10.4 Å². The predicted molar refractivity (Wildman–Crippen MR) is 38.5 cm³/mol. The van der Waals surface area contributed by atoms with Gasteiger partial charge in [-0.15, -0.1) is 0 Å². The van der Waals surface area contributed by atoms with E-state index in [-0.39, 0.29) is 11.8 Å². The van der Waals surface area contributed by atoms with Crippen LogP contribution in [0.3, 0.4) is 0 Å². The van der Waals surface area contributed by atoms with Gasteiger partial charge in [-0.1, -0.05) is 6.58 Å². The van der Waals surface area contributed by atoms with Gasteiger partial charge in [0.1, 0.15) is 5.76 Å². The van der Waals surface area contributed by atoms with Crippen LogP contribution in [0.15, 0.2) is 12.3 Å². The molecule has 0 aromatic carbocycles. The lowest BCUT2D eigenvalue weighted by molar-refractivity contribution is 0.362. The summed E-state index contributed by atoms with van der Waals surface area (Å²) < 4.78 is 0. The largest absolute Gasteiger partial charge is 0.511 e. The summed E-state index contributed by atoms with van der Waals surface area (Å²) in [7, 11) is 1.75. The summed E-state index contributed by atoms with van der Waals surface area (Å²) in [4.78, 5) is 0. The predicted octanol–water partition coefficient (Wildman–Crippen LogP) is 0.576. The first-order chi connectivity index (χ1) is 3.72. The number of aliphatic hydroxyl groups is 1. The normalized spacial score (nSPS) is 13.2. The number of aliphatic hydroxyl groups excluding tert-OH is 1. The van der Waals surface area contributed by atoms with Crippen LogP contribution in [0.1, 0.15) is 0 Å². The van der Waals surface area contributed by atoms with Crippen LogP contribution >= 0.6 is 12.6 Å². The van der Waals surface area contributed by atoms with E-state index in [1.807, 2.05) is 0 Å². The fourth-order valence-electron chi connectivity index (χ4n) is 0.363. The molecular weight excluding hydrogens is 122 g/mol. The summed E-state index contributed by atoms with van der Waals surface area (Å²) in [6.07, 6.45) is 0. The van der Waals surface area contributed by atoms with Gasteiger partial charge in [-0.2, -0.15) is 12.6 Å². The van der Waals surface area contributed by atoms with Gasteiger partial charge in [0.15, 0.2) is 0 Å². The Balaban J connectivity index is 3.52. The van der Waals surface area contributed by atoms with E-state index in [1.54, 1.807) is 7.05 Å². The van der Waals surface area contributed by atoms with Crippen LogP contribution in [0, 0.1) is 0 Å². The molecule has 48 valence electrons. The van der Waals surface area contributed by atoms with Gasteiger partial charge in [-0.25, -0.2) is 0 Å². The van der Waals surface area contributed by atoms with Crippen molar-refractivity contribution in [1.82, 2.24) is 5.32 Å². The molecule has 1 unspecified atom stereocenters. The zero-order valence-corrected chi connectivity index (χ0v) is 5.78. The third-order valence-electron chi connectivity index (χ3n) is 0.933. The molecule has 0 radical (unpaired) electrons. The second kappa shape index (κ2) is 3.80. The van der Waals surface area contributed by atoms with Crippen LogP contribution in [-0.2, 0) is 0 Å². The fourth-order valence-corrected chi connectivity index (χ4v) is 0.757. The fraction of sp³-hybridized carbons (Fsp3) is 0.600. The smallest absolute Gasteiger partial charge is 0.103 e. The zero-order valence-electron chi connectivity index (χ0n) is 4.89. The van der Waals surface area contributed by atoms with E-state index < -0.39 is 0 Å². The molecule has 0 saturated carbocycles. The quantitative estimate of drug-likeness (QED) is 0.388. The van der Waals surface area contributed by atoms with Crippen LogP contribution < -0.4 is 5.32 Å². The van der Waals surface area contributed by atoms with Crippen molar-refractivity contribution in [2.75, 3.05) is 12.8 Å². The summed E-state index contributed by atoms with van der Waals surface area (Å²) >= 11 is 3.95. The second-order valence-electron chi connectivity index (χ2n) is 1.52. The molecule has 0 saturated heterocycles. The first-order valence-electron chi connectivity index (χ1n) is 2.38. The van der Waals surface area contributed by atoms with Gasteiger partial charge in [0.25, 0.3) is 0 Å². The third-order valence-corrected chi connectivity index (χ3v) is 1.30. The summed E-state index contributed by atoms with van der Waals surface area (Å²) in [6.45, 7) is 3.34. The maximum Gasteiger partial charge on any atom is 0.103 e. The van der Waals surface area contributed by atoms with E-state index in [0.29, 0.717) is 5.75 Å². The van der Waals surface area contributed by atoms with Crippen molar-refractivity contribution < 1.29 is 5.11 Å². The van der Waals surface area contributed by atoms with Gasteiger partial charge in [-0.3, -0.25) is 0 Å². The molecule has 8 heavy (non-hydrogen) atoms. The average Bonchev–Trinajstić information content (AvgIpc) is 1.69. The van der Waals surface area contributed by atoms with E-state index in [2.05, 4.69) is 24.5 Å². The van der Waals surface area contributed by atoms with Crippen molar-refractivity contribution in [1.29, 1.82) is 0 Å². The summed E-state index contributed by atoms with van der Waals surface area (Å²) in [5.41, 5.74) is 0. The highest BCUT2D eigenvalue weighted by Crippen LogP contribution is 1.94. The first-order valence-corrected chi connectivity index (χ1v) is 3.01. The Hall–Kier alpha value is -0.150. The van der Waals surface area contributed by atoms with Crippen LogP contribution in [0.5, 0.6) is 0 Å². The van der Waals surface area contributed by atoms with E-state index >= 15 is 0 Å². The number of thiol groups is 1. The Morgan fingerprint density at radius 2 is 2.50 bits per heavy atom. The number of hydrogen-bond acceptors (Lipinski definition) is 3. The van der Waals surface area contributed by atoms with Crippen LogP contribution in [0.4, 0.5) is 0 Å². The number of rotatable bonds is 3. The van der Waals surface area contributed by atoms with Crippen molar-refractivity contribution in [2.24, 2.45) is 0 Å². The monoisotopic (exact) mass is 133 g/mol. The Bertz CT molecular complexity index is 80.5. The van der Waals surface area contributed by atoms with E-state index in [4.69, 9.17) is 5.11 Å². The standard InChI is InChI=1S/C5H11NOS/c1-4(7)5(3-8)6-2/h5-8H,1,3H2,2H3. The van der Waals surface area contributed by atoms with Gasteiger partial charge >= 0.3 is 0 Å². The van der Waals surface area contributed by atoms with Crippen LogP contribution in [-0.4, -0.2) is 23.9 Å². The minimum absolute atomic E-state index is 0.0710. The topological polar surface area (TPSA) is 32.3 Å². The molecule has 0 fully saturated rings. The molecule has 0 amide bonds. The summed E-state index contributed by atoms with van der Waals surface area (Å²) in [5, 5.41) is 11.5. The maximum atomic E-state index is 8.71. The average molecular weight is 133 g/mol. The minimum atomic E-state index is -0.0710. The Morgan fingerprint density at radius 1 is 2.00 bits per heavy atom. The molecule has 0 aliphatic heterocycles. The van der Waals surface area contributed by atoms with E-state index in [1.165, 1.54) is 0 Å². The number of nitrogens with one attached hydrogen (secondary N) is 1. The van der Waals surface area contributed by atoms with Gasteiger partial charge in [0, 0.05) is 5.75 Å². The molecule has 3 heteroatoms. The number of likely N-dealkylation sites (N-methyl/N-ethyl adjacent to an activating group) is 1. The third kappa shape index (κ3) is 2.23. The Labute approximate surface area is 55.0 Å². The minimum Gasteiger partial charge on any atom is -0.511 e. The molecular formula is C5H11NOS. The van der Waals surface area contributed by atoms with Gasteiger partial charge in [0.05, 0.1) is 6.04 Å². The molecule has 2 nitrogen and oxygen atoms in total. The molecule has 1 atom stereocenters. The lowest BCUT2D eigenvalue weighted by Crippen LogP contribution is -2.28. The SMILES string of the molecule is C=C(O)C(CS)NC. The van der Waals surface area contributed by atoms with Crippen molar-refractivity contribution >= 4 is 12.6 Å². The zero-order chi connectivity index (χ0) is 6.57. The highest BCUT2D eigenvalue weighted by Gasteiger charge is 2.03. The molecule has 0 aliphatic rings. The van der Waals surface area contributed by atoms with Crippen molar-refractivity contribution in [2.45, 2.75) is 6.04 Å². The van der Waals surface area contributed by atoms with Crippen LogP contribution in [0.2, 0.25) is 0 Å². The molecule has 0 aromatic rings. The van der Waals surface area contributed by atoms with E-state index in [9.17, 15) is 0 Å². The van der Waals surface area contributed by atoms with Gasteiger partial charge in [-0.05, 0) is 7.05 Å². The van der Waals surface area contributed by atoms with Gasteiger partial charge in [0.2, 0.25) is 0 Å². The highest BCUT2D eigenvalue weighted by atomic mass is 32.1. The highest BCUT2D eigenvalue weighted by molar-refractivity contribution is 7.80. The van der Waals surface area contributed by atoms with Crippen LogP contribution in [0.25, 0.3) is 0 Å². The number of hydrogen-bond donors (Lipinski definition) is 3.